The number of hydrogen-bond acceptors (Lipinski definition) is 5. The van der Waals surface area contributed by atoms with E-state index >= 15 is 0 Å². The fourth-order valence-corrected chi connectivity index (χ4v) is 1.53. The summed E-state index contributed by atoms with van der Waals surface area (Å²) >= 11 is 1.57. The van der Waals surface area contributed by atoms with Crippen LogP contribution in [0.4, 0.5) is 4.79 Å². The summed E-state index contributed by atoms with van der Waals surface area (Å²) in [7, 11) is 0. The highest BCUT2D eigenvalue weighted by molar-refractivity contribution is 7.07. The van der Waals surface area contributed by atoms with E-state index < -0.39 is 0 Å². The van der Waals surface area contributed by atoms with E-state index in [0.29, 0.717) is 19.7 Å². The molecule has 0 saturated carbocycles. The SMILES string of the molecule is CCOC(=O)NCCNCc1cscn1. The lowest BCUT2D eigenvalue weighted by Crippen LogP contribution is -2.32. The number of nitrogens with zero attached hydrogens (tertiary/aromatic N) is 1. The van der Waals surface area contributed by atoms with Gasteiger partial charge in [-0.1, -0.05) is 0 Å². The van der Waals surface area contributed by atoms with Crippen molar-refractivity contribution in [2.75, 3.05) is 19.7 Å². The molecule has 0 bridgehead atoms. The smallest absolute Gasteiger partial charge is 0.407 e. The highest BCUT2D eigenvalue weighted by Crippen LogP contribution is 1.98. The Morgan fingerprint density at radius 2 is 2.47 bits per heavy atom. The number of carbonyl (C=O) groups is 1. The molecule has 1 aromatic heterocycles. The Labute approximate surface area is 92.9 Å². The molecule has 84 valence electrons. The lowest BCUT2D eigenvalue weighted by atomic mass is 10.5. The summed E-state index contributed by atoms with van der Waals surface area (Å²) in [6.07, 6.45) is -0.368. The van der Waals surface area contributed by atoms with Gasteiger partial charge in [0.15, 0.2) is 0 Å². The number of carbonyl (C=O) groups excluding carboxylic acids is 1. The minimum Gasteiger partial charge on any atom is -0.450 e. The summed E-state index contributed by atoms with van der Waals surface area (Å²) in [5.41, 5.74) is 2.82. The quantitative estimate of drug-likeness (QED) is 0.714. The standard InChI is InChI=1S/C9H15N3O2S/c1-2-14-9(13)11-4-3-10-5-8-6-15-7-12-8/h6-7,10H,2-5H2,1H3,(H,11,13). The van der Waals surface area contributed by atoms with Crippen molar-refractivity contribution < 1.29 is 9.53 Å². The molecule has 15 heavy (non-hydrogen) atoms. The van der Waals surface area contributed by atoms with Crippen LogP contribution in [-0.4, -0.2) is 30.8 Å². The number of amides is 1. The van der Waals surface area contributed by atoms with Crippen molar-refractivity contribution in [3.63, 3.8) is 0 Å². The van der Waals surface area contributed by atoms with Crippen LogP contribution in [0.3, 0.4) is 0 Å². The Morgan fingerprint density at radius 1 is 1.60 bits per heavy atom. The maximum absolute atomic E-state index is 10.9. The van der Waals surface area contributed by atoms with Gasteiger partial charge in [-0.25, -0.2) is 9.78 Å². The number of nitrogens with one attached hydrogen (secondary N) is 2. The van der Waals surface area contributed by atoms with E-state index in [9.17, 15) is 4.79 Å². The third kappa shape index (κ3) is 5.34. The van der Waals surface area contributed by atoms with Gasteiger partial charge in [-0.2, -0.15) is 0 Å². The van der Waals surface area contributed by atoms with Gasteiger partial charge in [-0.15, -0.1) is 11.3 Å². The van der Waals surface area contributed by atoms with Crippen LogP contribution >= 0.6 is 11.3 Å². The summed E-state index contributed by atoms with van der Waals surface area (Å²) in [6, 6.07) is 0. The fraction of sp³-hybridized carbons (Fsp3) is 0.556. The van der Waals surface area contributed by atoms with Gasteiger partial charge in [0, 0.05) is 25.0 Å². The van der Waals surface area contributed by atoms with Gasteiger partial charge in [0.2, 0.25) is 0 Å². The van der Waals surface area contributed by atoms with Crippen LogP contribution in [0.25, 0.3) is 0 Å². The number of hydrogen-bond donors (Lipinski definition) is 2. The minimum absolute atomic E-state index is 0.368. The molecule has 2 N–H and O–H groups in total. The number of rotatable bonds is 6. The van der Waals surface area contributed by atoms with E-state index in [0.717, 1.165) is 12.2 Å². The van der Waals surface area contributed by atoms with Gasteiger partial charge >= 0.3 is 6.09 Å². The van der Waals surface area contributed by atoms with Crippen molar-refractivity contribution in [3.8, 4) is 0 Å². The van der Waals surface area contributed by atoms with Gasteiger partial charge in [-0.05, 0) is 6.92 Å². The number of ether oxygens (including phenoxy) is 1. The molecule has 1 aromatic rings. The molecule has 0 saturated heterocycles. The third-order valence-corrected chi connectivity index (χ3v) is 2.27. The molecule has 0 unspecified atom stereocenters. The monoisotopic (exact) mass is 229 g/mol. The number of aromatic nitrogens is 1. The predicted molar refractivity (Wildman–Crippen MR) is 58.8 cm³/mol. The van der Waals surface area contributed by atoms with Crippen molar-refractivity contribution in [2.24, 2.45) is 0 Å². The maximum atomic E-state index is 10.9. The molecule has 0 atom stereocenters. The van der Waals surface area contributed by atoms with E-state index in [4.69, 9.17) is 4.74 Å². The molecule has 6 heteroatoms. The first-order chi connectivity index (χ1) is 7.33. The zero-order valence-corrected chi connectivity index (χ0v) is 9.47. The molecular weight excluding hydrogens is 214 g/mol. The first-order valence-corrected chi connectivity index (χ1v) is 5.75. The average molecular weight is 229 g/mol. The summed E-state index contributed by atoms with van der Waals surface area (Å²) in [6.45, 7) is 4.17. The average Bonchev–Trinajstić information content (AvgIpc) is 2.70. The van der Waals surface area contributed by atoms with Gasteiger partial charge in [0.25, 0.3) is 0 Å². The first-order valence-electron chi connectivity index (χ1n) is 4.81. The van der Waals surface area contributed by atoms with Gasteiger partial charge in [-0.3, -0.25) is 0 Å². The Hall–Kier alpha value is -1.14. The molecule has 1 amide bonds. The Kier molecular flexibility index (Phi) is 5.72. The third-order valence-electron chi connectivity index (χ3n) is 1.64. The van der Waals surface area contributed by atoms with E-state index in [1.165, 1.54) is 0 Å². The second-order valence-electron chi connectivity index (χ2n) is 2.80. The van der Waals surface area contributed by atoms with Crippen LogP contribution in [0.1, 0.15) is 12.6 Å². The van der Waals surface area contributed by atoms with E-state index in [1.807, 2.05) is 5.38 Å². The highest BCUT2D eigenvalue weighted by atomic mass is 32.1. The maximum Gasteiger partial charge on any atom is 0.407 e. The molecule has 0 spiro atoms. The molecule has 1 heterocycles. The number of thiazole rings is 1. The van der Waals surface area contributed by atoms with Crippen LogP contribution < -0.4 is 10.6 Å². The Morgan fingerprint density at radius 3 is 3.13 bits per heavy atom. The Balaban J connectivity index is 1.95. The second kappa shape index (κ2) is 7.19. The fourth-order valence-electron chi connectivity index (χ4n) is 0.976. The van der Waals surface area contributed by atoms with Crippen LogP contribution in [0.15, 0.2) is 10.9 Å². The van der Waals surface area contributed by atoms with Crippen molar-refractivity contribution in [1.29, 1.82) is 0 Å². The lowest BCUT2D eigenvalue weighted by molar-refractivity contribution is 0.152. The molecule has 0 fully saturated rings. The molecule has 0 radical (unpaired) electrons. The van der Waals surface area contributed by atoms with Crippen molar-refractivity contribution in [2.45, 2.75) is 13.5 Å². The van der Waals surface area contributed by atoms with Gasteiger partial charge in [0.05, 0.1) is 17.8 Å². The van der Waals surface area contributed by atoms with E-state index in [-0.39, 0.29) is 6.09 Å². The highest BCUT2D eigenvalue weighted by Gasteiger charge is 1.98. The zero-order valence-electron chi connectivity index (χ0n) is 8.66. The molecule has 0 aliphatic rings. The number of alkyl carbamates (subject to hydrolysis) is 1. The Bertz CT molecular complexity index is 277. The summed E-state index contributed by atoms with van der Waals surface area (Å²) in [5.74, 6) is 0. The summed E-state index contributed by atoms with van der Waals surface area (Å²) < 4.78 is 4.71. The molecule has 0 aliphatic carbocycles. The molecule has 1 rings (SSSR count). The molecule has 5 nitrogen and oxygen atoms in total. The normalized spacial score (nSPS) is 9.93. The molecular formula is C9H15N3O2S. The lowest BCUT2D eigenvalue weighted by Gasteiger charge is -2.05. The van der Waals surface area contributed by atoms with Crippen LogP contribution in [0.2, 0.25) is 0 Å². The van der Waals surface area contributed by atoms with Crippen molar-refractivity contribution in [1.82, 2.24) is 15.6 Å². The largest absolute Gasteiger partial charge is 0.450 e. The van der Waals surface area contributed by atoms with Crippen molar-refractivity contribution >= 4 is 17.4 Å². The van der Waals surface area contributed by atoms with Gasteiger partial charge < -0.3 is 15.4 Å². The summed E-state index contributed by atoms with van der Waals surface area (Å²) in [4.78, 5) is 15.0. The van der Waals surface area contributed by atoms with Crippen LogP contribution in [0, 0.1) is 0 Å². The zero-order chi connectivity index (χ0) is 10.9. The topological polar surface area (TPSA) is 63.2 Å². The van der Waals surface area contributed by atoms with Crippen molar-refractivity contribution in [3.05, 3.63) is 16.6 Å². The van der Waals surface area contributed by atoms with Crippen LogP contribution in [-0.2, 0) is 11.3 Å². The summed E-state index contributed by atoms with van der Waals surface area (Å²) in [5, 5.41) is 7.77. The van der Waals surface area contributed by atoms with Gasteiger partial charge in [0.1, 0.15) is 0 Å². The molecule has 0 aromatic carbocycles. The minimum atomic E-state index is -0.368. The second-order valence-corrected chi connectivity index (χ2v) is 3.52. The van der Waals surface area contributed by atoms with E-state index in [2.05, 4.69) is 15.6 Å². The van der Waals surface area contributed by atoms with E-state index in [1.54, 1.807) is 23.8 Å². The predicted octanol–water partition coefficient (Wildman–Crippen LogP) is 0.979. The first kappa shape index (κ1) is 11.9. The van der Waals surface area contributed by atoms with Crippen LogP contribution in [0.5, 0.6) is 0 Å². The molecule has 0 aliphatic heterocycles.